The molecule has 124 valence electrons. The highest BCUT2D eigenvalue weighted by Gasteiger charge is 2.24. The molecule has 1 aromatic rings. The van der Waals surface area contributed by atoms with Gasteiger partial charge in [-0.1, -0.05) is 28.4 Å². The number of nitrogens with two attached hydrogens (primary N) is 1. The van der Waals surface area contributed by atoms with E-state index in [9.17, 15) is 9.18 Å². The van der Waals surface area contributed by atoms with Crippen molar-refractivity contribution >= 4 is 34.2 Å². The average molecular weight is 394 g/mol. The lowest BCUT2D eigenvalue weighted by molar-refractivity contribution is -0.126. The third kappa shape index (κ3) is 5.86. The van der Waals surface area contributed by atoms with Crippen molar-refractivity contribution in [2.75, 3.05) is 6.54 Å². The summed E-state index contributed by atoms with van der Waals surface area (Å²) >= 11 is 3.24. The molecule has 6 heteroatoms. The number of amides is 1. The first kappa shape index (κ1) is 19.4. The Labute approximate surface area is 145 Å². The Kier molecular flexibility index (Phi) is 8.36. The normalized spacial score (nSPS) is 21.0. The van der Waals surface area contributed by atoms with Crippen molar-refractivity contribution in [3.63, 3.8) is 0 Å². The van der Waals surface area contributed by atoms with E-state index < -0.39 is 0 Å². The van der Waals surface area contributed by atoms with Crippen LogP contribution < -0.4 is 11.1 Å². The van der Waals surface area contributed by atoms with Crippen LogP contribution in [0.1, 0.15) is 37.7 Å². The van der Waals surface area contributed by atoms with Gasteiger partial charge in [0.15, 0.2) is 0 Å². The quantitative estimate of drug-likeness (QED) is 0.751. The molecule has 1 aromatic carbocycles. The summed E-state index contributed by atoms with van der Waals surface area (Å²) in [5.74, 6) is -0.0476. The summed E-state index contributed by atoms with van der Waals surface area (Å²) in [5.41, 5.74) is 6.58. The van der Waals surface area contributed by atoms with E-state index in [0.717, 1.165) is 36.6 Å². The van der Waals surface area contributed by atoms with E-state index in [1.54, 1.807) is 6.07 Å². The SMILES string of the molecule is Cl.NC1CCCC(C(=O)NCCCc2ccc(Br)cc2F)C1. The van der Waals surface area contributed by atoms with Gasteiger partial charge in [0, 0.05) is 23.0 Å². The van der Waals surface area contributed by atoms with E-state index in [2.05, 4.69) is 21.2 Å². The molecular weight excluding hydrogens is 371 g/mol. The maximum Gasteiger partial charge on any atom is 0.223 e. The Balaban J connectivity index is 0.00000242. The van der Waals surface area contributed by atoms with Gasteiger partial charge in [0.25, 0.3) is 0 Å². The molecule has 0 aromatic heterocycles. The zero-order valence-electron chi connectivity index (χ0n) is 12.5. The topological polar surface area (TPSA) is 55.1 Å². The summed E-state index contributed by atoms with van der Waals surface area (Å²) in [6, 6.07) is 5.24. The van der Waals surface area contributed by atoms with Gasteiger partial charge >= 0.3 is 0 Å². The van der Waals surface area contributed by atoms with Gasteiger partial charge in [-0.3, -0.25) is 4.79 Å². The van der Waals surface area contributed by atoms with Crippen LogP contribution in [0, 0.1) is 11.7 Å². The average Bonchev–Trinajstić information content (AvgIpc) is 2.45. The van der Waals surface area contributed by atoms with E-state index in [1.165, 1.54) is 6.07 Å². The molecule has 2 unspecified atom stereocenters. The zero-order chi connectivity index (χ0) is 15.2. The molecule has 1 aliphatic carbocycles. The Morgan fingerprint density at radius 2 is 2.18 bits per heavy atom. The number of rotatable bonds is 5. The molecule has 3 N–H and O–H groups in total. The van der Waals surface area contributed by atoms with Gasteiger partial charge in [-0.15, -0.1) is 12.4 Å². The van der Waals surface area contributed by atoms with Gasteiger partial charge in [0.1, 0.15) is 5.82 Å². The second-order valence-corrected chi connectivity index (χ2v) is 6.67. The van der Waals surface area contributed by atoms with Crippen LogP contribution in [-0.4, -0.2) is 18.5 Å². The summed E-state index contributed by atoms with van der Waals surface area (Å²) in [6.07, 6.45) is 5.14. The summed E-state index contributed by atoms with van der Waals surface area (Å²) in [4.78, 5) is 12.0. The zero-order valence-corrected chi connectivity index (χ0v) is 14.9. The molecule has 1 fully saturated rings. The van der Waals surface area contributed by atoms with E-state index >= 15 is 0 Å². The van der Waals surface area contributed by atoms with Crippen molar-refractivity contribution in [2.24, 2.45) is 11.7 Å². The van der Waals surface area contributed by atoms with Gasteiger partial charge < -0.3 is 11.1 Å². The lowest BCUT2D eigenvalue weighted by atomic mass is 9.85. The number of aryl methyl sites for hydroxylation is 1. The molecule has 0 aliphatic heterocycles. The first-order chi connectivity index (χ1) is 10.1. The van der Waals surface area contributed by atoms with Gasteiger partial charge in [0.05, 0.1) is 0 Å². The number of carbonyl (C=O) groups excluding carboxylic acids is 1. The maximum absolute atomic E-state index is 13.6. The third-order valence-corrected chi connectivity index (χ3v) is 4.52. The smallest absolute Gasteiger partial charge is 0.223 e. The van der Waals surface area contributed by atoms with Crippen LogP contribution in [-0.2, 0) is 11.2 Å². The standard InChI is InChI=1S/C16H22BrFN2O.ClH/c17-13-7-6-11(15(18)10-13)4-2-8-20-16(21)12-3-1-5-14(19)9-12;/h6-7,10,12,14H,1-5,8-9,19H2,(H,20,21);1H. The van der Waals surface area contributed by atoms with Crippen LogP contribution in [0.15, 0.2) is 22.7 Å². The Morgan fingerprint density at radius 3 is 2.86 bits per heavy atom. The predicted octanol–water partition coefficient (Wildman–Crippen LogP) is 3.58. The van der Waals surface area contributed by atoms with E-state index in [-0.39, 0.29) is 36.1 Å². The fourth-order valence-electron chi connectivity index (χ4n) is 2.82. The van der Waals surface area contributed by atoms with Crippen LogP contribution in [0.3, 0.4) is 0 Å². The predicted molar refractivity (Wildman–Crippen MR) is 92.6 cm³/mol. The minimum Gasteiger partial charge on any atom is -0.356 e. The van der Waals surface area contributed by atoms with Crippen molar-refractivity contribution in [1.82, 2.24) is 5.32 Å². The first-order valence-corrected chi connectivity index (χ1v) is 8.33. The van der Waals surface area contributed by atoms with Crippen molar-refractivity contribution in [2.45, 2.75) is 44.6 Å². The van der Waals surface area contributed by atoms with Gasteiger partial charge in [-0.25, -0.2) is 4.39 Å². The van der Waals surface area contributed by atoms with Crippen LogP contribution in [0.25, 0.3) is 0 Å². The van der Waals surface area contributed by atoms with Crippen molar-refractivity contribution < 1.29 is 9.18 Å². The number of benzene rings is 1. The number of carbonyl (C=O) groups is 1. The lowest BCUT2D eigenvalue weighted by Crippen LogP contribution is -2.38. The highest BCUT2D eigenvalue weighted by molar-refractivity contribution is 9.10. The van der Waals surface area contributed by atoms with E-state index in [0.29, 0.717) is 18.5 Å². The molecule has 2 rings (SSSR count). The Morgan fingerprint density at radius 1 is 1.41 bits per heavy atom. The third-order valence-electron chi connectivity index (χ3n) is 4.02. The molecule has 0 heterocycles. The van der Waals surface area contributed by atoms with E-state index in [1.807, 2.05) is 6.07 Å². The number of hydrogen-bond donors (Lipinski definition) is 2. The maximum atomic E-state index is 13.6. The van der Waals surface area contributed by atoms with Crippen molar-refractivity contribution in [3.8, 4) is 0 Å². The van der Waals surface area contributed by atoms with Crippen LogP contribution >= 0.6 is 28.3 Å². The number of nitrogens with one attached hydrogen (secondary N) is 1. The molecule has 1 saturated carbocycles. The van der Waals surface area contributed by atoms with Crippen LogP contribution in [0.2, 0.25) is 0 Å². The summed E-state index contributed by atoms with van der Waals surface area (Å²) in [5, 5.41) is 2.95. The first-order valence-electron chi connectivity index (χ1n) is 7.53. The van der Waals surface area contributed by atoms with Gasteiger partial charge in [-0.05, 0) is 49.8 Å². The fourth-order valence-corrected chi connectivity index (χ4v) is 3.16. The molecular formula is C16H23BrClFN2O. The second-order valence-electron chi connectivity index (χ2n) is 5.75. The molecule has 2 atom stereocenters. The monoisotopic (exact) mass is 392 g/mol. The van der Waals surface area contributed by atoms with Gasteiger partial charge in [0.2, 0.25) is 5.91 Å². The number of hydrogen-bond acceptors (Lipinski definition) is 2. The fraction of sp³-hybridized carbons (Fsp3) is 0.562. The Bertz CT molecular complexity index is 501. The molecule has 0 saturated heterocycles. The minimum absolute atomic E-state index is 0. The molecule has 1 amide bonds. The van der Waals surface area contributed by atoms with E-state index in [4.69, 9.17) is 5.73 Å². The molecule has 1 aliphatic rings. The summed E-state index contributed by atoms with van der Waals surface area (Å²) < 4.78 is 14.4. The highest BCUT2D eigenvalue weighted by atomic mass is 79.9. The minimum atomic E-state index is -0.200. The summed E-state index contributed by atoms with van der Waals surface area (Å²) in [6.45, 7) is 0.583. The van der Waals surface area contributed by atoms with Crippen molar-refractivity contribution in [1.29, 1.82) is 0 Å². The Hall–Kier alpha value is -0.650. The molecule has 0 bridgehead atoms. The molecule has 0 spiro atoms. The van der Waals surface area contributed by atoms with Crippen LogP contribution in [0.5, 0.6) is 0 Å². The van der Waals surface area contributed by atoms with Gasteiger partial charge in [-0.2, -0.15) is 0 Å². The highest BCUT2D eigenvalue weighted by Crippen LogP contribution is 2.23. The van der Waals surface area contributed by atoms with Crippen molar-refractivity contribution in [3.05, 3.63) is 34.1 Å². The largest absolute Gasteiger partial charge is 0.356 e. The molecule has 3 nitrogen and oxygen atoms in total. The molecule has 22 heavy (non-hydrogen) atoms. The second kappa shape index (κ2) is 9.48. The summed E-state index contributed by atoms with van der Waals surface area (Å²) in [7, 11) is 0. The number of halogens is 3. The molecule has 0 radical (unpaired) electrons. The van der Waals surface area contributed by atoms with Crippen LogP contribution in [0.4, 0.5) is 4.39 Å². The lowest BCUT2D eigenvalue weighted by Gasteiger charge is -2.25.